The summed E-state index contributed by atoms with van der Waals surface area (Å²) in [5.41, 5.74) is 4.00. The van der Waals surface area contributed by atoms with Gasteiger partial charge in [0.05, 0.1) is 11.5 Å². The molecule has 5 nitrogen and oxygen atoms in total. The molecule has 0 saturated carbocycles. The first-order valence-corrected chi connectivity index (χ1v) is 9.13. The zero-order chi connectivity index (χ0) is 16.5. The van der Waals surface area contributed by atoms with Crippen molar-refractivity contribution >= 4 is 5.84 Å². The number of rotatable bonds is 2. The molecule has 5 heteroatoms. The van der Waals surface area contributed by atoms with Crippen molar-refractivity contribution in [2.75, 3.05) is 33.2 Å². The molecule has 4 rings (SSSR count). The van der Waals surface area contributed by atoms with Crippen molar-refractivity contribution in [3.63, 3.8) is 0 Å². The average Bonchev–Trinajstić information content (AvgIpc) is 2.61. The molecule has 0 spiro atoms. The lowest BCUT2D eigenvalue weighted by atomic mass is 9.92. The van der Waals surface area contributed by atoms with Crippen LogP contribution in [0.3, 0.4) is 0 Å². The fourth-order valence-corrected chi connectivity index (χ4v) is 3.83. The summed E-state index contributed by atoms with van der Waals surface area (Å²) >= 11 is 0. The lowest BCUT2D eigenvalue weighted by Gasteiger charge is -2.37. The number of hydrogen-bond acceptors (Lipinski definition) is 5. The number of pyridine rings is 1. The van der Waals surface area contributed by atoms with Crippen molar-refractivity contribution in [2.24, 2.45) is 4.99 Å². The van der Waals surface area contributed by atoms with Gasteiger partial charge in [0.25, 0.3) is 0 Å². The van der Waals surface area contributed by atoms with Gasteiger partial charge in [0.15, 0.2) is 0 Å². The van der Waals surface area contributed by atoms with Crippen LogP contribution in [0.1, 0.15) is 42.6 Å². The molecule has 1 aromatic rings. The Hall–Kier alpha value is -1.88. The Morgan fingerprint density at radius 1 is 1.08 bits per heavy atom. The molecule has 2 aliphatic heterocycles. The summed E-state index contributed by atoms with van der Waals surface area (Å²) in [5, 5.41) is 3.45. The quantitative estimate of drug-likeness (QED) is 0.904. The highest BCUT2D eigenvalue weighted by atomic mass is 15.3. The highest BCUT2D eigenvalue weighted by Crippen LogP contribution is 2.27. The predicted octanol–water partition coefficient (Wildman–Crippen LogP) is 2.11. The molecule has 128 valence electrons. The number of aliphatic imine (C=N–C) groups is 1. The summed E-state index contributed by atoms with van der Waals surface area (Å²) in [4.78, 5) is 14.3. The monoisotopic (exact) mass is 325 g/mol. The maximum atomic E-state index is 4.79. The summed E-state index contributed by atoms with van der Waals surface area (Å²) < 4.78 is 0. The SMILES string of the molecule is CC1=NC(c2cc3c(cn2)CCCC3)C=C(N2CCN(C)CC2)N1. The van der Waals surface area contributed by atoms with Crippen LogP contribution in [-0.2, 0) is 12.8 Å². The van der Waals surface area contributed by atoms with Crippen LogP contribution in [0.25, 0.3) is 0 Å². The molecular weight excluding hydrogens is 298 g/mol. The van der Waals surface area contributed by atoms with Crippen LogP contribution in [0.15, 0.2) is 29.2 Å². The third-order valence-electron chi connectivity index (χ3n) is 5.35. The first-order valence-electron chi connectivity index (χ1n) is 9.13. The van der Waals surface area contributed by atoms with E-state index in [0.29, 0.717) is 0 Å². The van der Waals surface area contributed by atoms with E-state index in [2.05, 4.69) is 47.4 Å². The van der Waals surface area contributed by atoms with Gasteiger partial charge in [-0.2, -0.15) is 0 Å². The van der Waals surface area contributed by atoms with E-state index in [1.54, 1.807) is 0 Å². The molecule has 24 heavy (non-hydrogen) atoms. The van der Waals surface area contributed by atoms with Crippen molar-refractivity contribution in [1.29, 1.82) is 0 Å². The molecule has 1 atom stereocenters. The zero-order valence-corrected chi connectivity index (χ0v) is 14.8. The van der Waals surface area contributed by atoms with E-state index in [4.69, 9.17) is 9.98 Å². The number of likely N-dealkylation sites (N-methyl/N-ethyl adjacent to an activating group) is 1. The Balaban J connectivity index is 1.58. The van der Waals surface area contributed by atoms with Crippen molar-refractivity contribution in [2.45, 2.75) is 38.6 Å². The summed E-state index contributed by atoms with van der Waals surface area (Å²) in [5.74, 6) is 2.18. The molecule has 1 fully saturated rings. The van der Waals surface area contributed by atoms with Gasteiger partial charge >= 0.3 is 0 Å². The minimum atomic E-state index is 0.0353. The predicted molar refractivity (Wildman–Crippen MR) is 97.0 cm³/mol. The normalized spacial score (nSPS) is 24.8. The Morgan fingerprint density at radius 2 is 1.83 bits per heavy atom. The number of amidine groups is 1. The van der Waals surface area contributed by atoms with Gasteiger partial charge in [0.2, 0.25) is 0 Å². The van der Waals surface area contributed by atoms with E-state index in [-0.39, 0.29) is 6.04 Å². The van der Waals surface area contributed by atoms with Crippen LogP contribution >= 0.6 is 0 Å². The lowest BCUT2D eigenvalue weighted by molar-refractivity contribution is 0.180. The van der Waals surface area contributed by atoms with E-state index in [1.165, 1.54) is 42.6 Å². The molecule has 1 unspecified atom stereocenters. The maximum absolute atomic E-state index is 4.79. The number of nitrogens with zero attached hydrogens (tertiary/aromatic N) is 4. The summed E-state index contributed by atoms with van der Waals surface area (Å²) in [6, 6.07) is 2.33. The average molecular weight is 325 g/mol. The number of aromatic nitrogens is 1. The van der Waals surface area contributed by atoms with Crippen LogP contribution in [0.2, 0.25) is 0 Å². The maximum Gasteiger partial charge on any atom is 0.116 e. The lowest BCUT2D eigenvalue weighted by Crippen LogP contribution is -2.47. The second-order valence-corrected chi connectivity index (χ2v) is 7.21. The highest BCUT2D eigenvalue weighted by Gasteiger charge is 2.23. The Morgan fingerprint density at radius 3 is 2.62 bits per heavy atom. The van der Waals surface area contributed by atoms with E-state index in [9.17, 15) is 0 Å². The van der Waals surface area contributed by atoms with Crippen LogP contribution in [0.5, 0.6) is 0 Å². The van der Waals surface area contributed by atoms with Gasteiger partial charge in [-0.15, -0.1) is 0 Å². The van der Waals surface area contributed by atoms with Crippen LogP contribution in [-0.4, -0.2) is 53.8 Å². The van der Waals surface area contributed by atoms with Crippen LogP contribution in [0.4, 0.5) is 0 Å². The van der Waals surface area contributed by atoms with Gasteiger partial charge in [-0.3, -0.25) is 9.98 Å². The van der Waals surface area contributed by atoms with Gasteiger partial charge in [0.1, 0.15) is 11.9 Å². The second-order valence-electron chi connectivity index (χ2n) is 7.21. The molecule has 1 aliphatic carbocycles. The van der Waals surface area contributed by atoms with Crippen molar-refractivity contribution in [3.05, 3.63) is 41.0 Å². The number of nitrogens with one attached hydrogen (secondary N) is 1. The van der Waals surface area contributed by atoms with Crippen molar-refractivity contribution in [3.8, 4) is 0 Å². The largest absolute Gasteiger partial charge is 0.356 e. The van der Waals surface area contributed by atoms with Crippen molar-refractivity contribution in [1.82, 2.24) is 20.1 Å². The first-order chi connectivity index (χ1) is 11.7. The molecule has 3 aliphatic rings. The molecule has 0 aromatic carbocycles. The van der Waals surface area contributed by atoms with Gasteiger partial charge in [-0.05, 0) is 62.9 Å². The number of aryl methyl sites for hydroxylation is 2. The van der Waals surface area contributed by atoms with Crippen molar-refractivity contribution < 1.29 is 0 Å². The summed E-state index contributed by atoms with van der Waals surface area (Å²) in [6.45, 7) is 6.39. The molecule has 3 heterocycles. The second kappa shape index (κ2) is 6.55. The fourth-order valence-electron chi connectivity index (χ4n) is 3.83. The third-order valence-corrected chi connectivity index (χ3v) is 5.35. The number of fused-ring (bicyclic) bond motifs is 1. The molecular formula is C19H27N5. The van der Waals surface area contributed by atoms with E-state index < -0.39 is 0 Å². The Labute approximate surface area is 144 Å². The Kier molecular flexibility index (Phi) is 4.27. The number of hydrogen-bond donors (Lipinski definition) is 1. The minimum absolute atomic E-state index is 0.0353. The Bertz CT molecular complexity index is 670. The summed E-state index contributed by atoms with van der Waals surface area (Å²) in [7, 11) is 2.19. The van der Waals surface area contributed by atoms with Gasteiger partial charge in [-0.1, -0.05) is 0 Å². The van der Waals surface area contributed by atoms with E-state index >= 15 is 0 Å². The molecule has 1 N–H and O–H groups in total. The molecule has 0 amide bonds. The van der Waals surface area contributed by atoms with Crippen LogP contribution in [0, 0.1) is 0 Å². The van der Waals surface area contributed by atoms with E-state index in [1.807, 2.05) is 0 Å². The minimum Gasteiger partial charge on any atom is -0.356 e. The molecule has 0 radical (unpaired) electrons. The van der Waals surface area contributed by atoms with Gasteiger partial charge < -0.3 is 15.1 Å². The van der Waals surface area contributed by atoms with Crippen LogP contribution < -0.4 is 5.32 Å². The third kappa shape index (κ3) is 3.18. The summed E-state index contributed by atoms with van der Waals surface area (Å²) in [6.07, 6.45) is 9.29. The topological polar surface area (TPSA) is 43.8 Å². The highest BCUT2D eigenvalue weighted by molar-refractivity contribution is 5.82. The molecule has 0 bridgehead atoms. The number of piperazine rings is 1. The van der Waals surface area contributed by atoms with Gasteiger partial charge in [-0.25, -0.2) is 0 Å². The molecule has 1 saturated heterocycles. The standard InChI is InChI=1S/C19H27N5/c1-14-21-18(12-19(22-14)24-9-7-23(2)8-10-24)17-11-15-5-3-4-6-16(15)13-20-17/h11-13,18H,3-10H2,1-2H3,(H,21,22). The zero-order valence-electron chi connectivity index (χ0n) is 14.8. The first kappa shape index (κ1) is 15.6. The molecule has 1 aromatic heterocycles. The smallest absolute Gasteiger partial charge is 0.116 e. The van der Waals surface area contributed by atoms with Gasteiger partial charge in [0, 0.05) is 32.4 Å². The fraction of sp³-hybridized carbons (Fsp3) is 0.579. The van der Waals surface area contributed by atoms with E-state index in [0.717, 1.165) is 37.7 Å².